The van der Waals surface area contributed by atoms with Crippen LogP contribution in [0.25, 0.3) is 11.0 Å². The minimum Gasteiger partial charge on any atom is -0.350 e. The Hall–Kier alpha value is -2.12. The van der Waals surface area contributed by atoms with Crippen LogP contribution in [0.1, 0.15) is 12.1 Å². The van der Waals surface area contributed by atoms with Gasteiger partial charge in [-0.15, -0.1) is 0 Å². The molecule has 0 amide bonds. The average molecular weight is 397 g/mol. The van der Waals surface area contributed by atoms with E-state index in [9.17, 15) is 0 Å². The van der Waals surface area contributed by atoms with E-state index in [1.165, 1.54) is 6.42 Å². The zero-order valence-corrected chi connectivity index (χ0v) is 15.2. The molecule has 3 aromatic heterocycles. The molecule has 3 aromatic rings. The van der Waals surface area contributed by atoms with Gasteiger partial charge in [0.25, 0.3) is 0 Å². The van der Waals surface area contributed by atoms with Crippen molar-refractivity contribution in [3.05, 3.63) is 53.2 Å². The third kappa shape index (κ3) is 2.67. The second-order valence-electron chi connectivity index (χ2n) is 6.66. The van der Waals surface area contributed by atoms with Crippen molar-refractivity contribution in [3.63, 3.8) is 0 Å². The van der Waals surface area contributed by atoms with Crippen LogP contribution in [0.4, 0.5) is 5.82 Å². The van der Waals surface area contributed by atoms with Crippen LogP contribution in [-0.4, -0.2) is 50.0 Å². The van der Waals surface area contributed by atoms with Crippen molar-refractivity contribution in [1.82, 2.24) is 24.8 Å². The number of pyridine rings is 2. The van der Waals surface area contributed by atoms with E-state index in [-0.39, 0.29) is 0 Å². The maximum Gasteiger partial charge on any atom is 0.164 e. The third-order valence-electron chi connectivity index (χ3n) is 5.17. The van der Waals surface area contributed by atoms with E-state index in [2.05, 4.69) is 63.9 Å². The van der Waals surface area contributed by atoms with Crippen LogP contribution in [0.2, 0.25) is 0 Å². The van der Waals surface area contributed by atoms with Crippen molar-refractivity contribution in [2.45, 2.75) is 25.0 Å². The largest absolute Gasteiger partial charge is 0.350 e. The second-order valence-corrected chi connectivity index (χ2v) is 7.58. The molecule has 2 atom stereocenters. The first-order valence-electron chi connectivity index (χ1n) is 8.45. The Kier molecular flexibility index (Phi) is 3.64. The molecule has 6 nitrogen and oxygen atoms in total. The molecule has 7 heteroatoms. The zero-order valence-electron chi connectivity index (χ0n) is 13.6. The van der Waals surface area contributed by atoms with Crippen molar-refractivity contribution in [2.75, 3.05) is 18.0 Å². The highest BCUT2D eigenvalue weighted by molar-refractivity contribution is 9.10. The summed E-state index contributed by atoms with van der Waals surface area (Å²) in [5, 5.41) is 1.04. The standard InChI is InChI=1S/C18H17BrN6/c19-12-3-4-13(21-7-12)8-24-9-15-6-14(24)10-25(15)18-16-2-1-5-20-17(16)22-11-23-18/h1-5,7,11,14-15H,6,8-10H2. The lowest BCUT2D eigenvalue weighted by molar-refractivity contribution is 0.227. The molecule has 126 valence electrons. The summed E-state index contributed by atoms with van der Waals surface area (Å²) in [5.41, 5.74) is 1.89. The first kappa shape index (κ1) is 15.2. The quantitative estimate of drug-likeness (QED) is 0.678. The van der Waals surface area contributed by atoms with Gasteiger partial charge in [0.15, 0.2) is 5.65 Å². The fourth-order valence-corrected chi connectivity index (χ4v) is 4.26. The van der Waals surface area contributed by atoms with E-state index in [1.807, 2.05) is 12.3 Å². The molecular weight excluding hydrogens is 380 g/mol. The monoisotopic (exact) mass is 396 g/mol. The second kappa shape index (κ2) is 6.00. The molecule has 2 aliphatic rings. The number of hydrogen-bond acceptors (Lipinski definition) is 6. The number of fused-ring (bicyclic) bond motifs is 3. The van der Waals surface area contributed by atoms with E-state index in [0.29, 0.717) is 12.1 Å². The predicted octanol–water partition coefficient (Wildman–Crippen LogP) is 2.65. The molecule has 5 rings (SSSR count). The number of hydrogen-bond donors (Lipinski definition) is 0. The lowest BCUT2D eigenvalue weighted by Gasteiger charge is -2.35. The number of piperazine rings is 1. The van der Waals surface area contributed by atoms with Gasteiger partial charge in [0.05, 0.1) is 11.1 Å². The molecule has 25 heavy (non-hydrogen) atoms. The van der Waals surface area contributed by atoms with Crippen LogP contribution in [0.5, 0.6) is 0 Å². The van der Waals surface area contributed by atoms with Gasteiger partial charge in [0, 0.05) is 48.6 Å². The van der Waals surface area contributed by atoms with Crippen molar-refractivity contribution < 1.29 is 0 Å². The summed E-state index contributed by atoms with van der Waals surface area (Å²) in [4.78, 5) is 22.7. The van der Waals surface area contributed by atoms with Gasteiger partial charge < -0.3 is 4.90 Å². The molecule has 2 bridgehead atoms. The molecule has 2 aliphatic heterocycles. The minimum atomic E-state index is 0.499. The van der Waals surface area contributed by atoms with E-state index < -0.39 is 0 Å². The Balaban J connectivity index is 1.36. The van der Waals surface area contributed by atoms with E-state index >= 15 is 0 Å². The van der Waals surface area contributed by atoms with Gasteiger partial charge in [-0.3, -0.25) is 9.88 Å². The molecule has 2 saturated heterocycles. The maximum absolute atomic E-state index is 4.57. The highest BCUT2D eigenvalue weighted by Gasteiger charge is 2.44. The number of rotatable bonds is 3. The van der Waals surface area contributed by atoms with Crippen molar-refractivity contribution >= 4 is 32.8 Å². The van der Waals surface area contributed by atoms with Gasteiger partial charge in [-0.05, 0) is 46.6 Å². The molecule has 5 heterocycles. The van der Waals surface area contributed by atoms with E-state index in [1.54, 1.807) is 12.5 Å². The summed E-state index contributed by atoms with van der Waals surface area (Å²) in [6, 6.07) is 9.22. The highest BCUT2D eigenvalue weighted by Crippen LogP contribution is 2.36. The third-order valence-corrected chi connectivity index (χ3v) is 5.64. The molecule has 2 fully saturated rings. The topological polar surface area (TPSA) is 58.0 Å². The lowest BCUT2D eigenvalue weighted by atomic mass is 10.2. The van der Waals surface area contributed by atoms with Gasteiger partial charge in [-0.1, -0.05) is 0 Å². The SMILES string of the molecule is Brc1ccc(CN2CC3CC2CN3c2ncnc3ncccc23)nc1. The van der Waals surface area contributed by atoms with Crippen molar-refractivity contribution in [1.29, 1.82) is 0 Å². The van der Waals surface area contributed by atoms with Gasteiger partial charge in [-0.25, -0.2) is 15.0 Å². The Bertz CT molecular complexity index is 910. The van der Waals surface area contributed by atoms with Crippen LogP contribution in [0.3, 0.4) is 0 Å². The normalized spacial score (nSPS) is 22.8. The lowest BCUT2D eigenvalue weighted by Crippen LogP contribution is -2.46. The molecular formula is C18H17BrN6. The van der Waals surface area contributed by atoms with Crippen molar-refractivity contribution in [3.8, 4) is 0 Å². The number of halogens is 1. The smallest absolute Gasteiger partial charge is 0.164 e. The van der Waals surface area contributed by atoms with Crippen LogP contribution in [0, 0.1) is 0 Å². The van der Waals surface area contributed by atoms with Gasteiger partial charge in [0.1, 0.15) is 12.1 Å². The van der Waals surface area contributed by atoms with Gasteiger partial charge >= 0.3 is 0 Å². The summed E-state index contributed by atoms with van der Waals surface area (Å²) in [7, 11) is 0. The summed E-state index contributed by atoms with van der Waals surface area (Å²) in [6.07, 6.45) is 6.46. The average Bonchev–Trinajstić information content (AvgIpc) is 3.23. The fraction of sp³-hybridized carbons (Fsp3) is 0.333. The van der Waals surface area contributed by atoms with Gasteiger partial charge in [-0.2, -0.15) is 0 Å². The Morgan fingerprint density at radius 1 is 1.04 bits per heavy atom. The zero-order chi connectivity index (χ0) is 16.8. The fourth-order valence-electron chi connectivity index (χ4n) is 4.02. The summed E-state index contributed by atoms with van der Waals surface area (Å²) in [5.74, 6) is 1.02. The Morgan fingerprint density at radius 3 is 2.80 bits per heavy atom. The summed E-state index contributed by atoms with van der Waals surface area (Å²) >= 11 is 3.44. The Labute approximate surface area is 154 Å². The highest BCUT2D eigenvalue weighted by atomic mass is 79.9. The molecule has 0 radical (unpaired) electrons. The maximum atomic E-state index is 4.57. The van der Waals surface area contributed by atoms with E-state index in [4.69, 9.17) is 0 Å². The number of nitrogens with zero attached hydrogens (tertiary/aromatic N) is 6. The Morgan fingerprint density at radius 2 is 2.00 bits per heavy atom. The first-order valence-corrected chi connectivity index (χ1v) is 9.24. The molecule has 0 saturated carbocycles. The van der Waals surface area contributed by atoms with Crippen molar-refractivity contribution in [2.24, 2.45) is 0 Å². The number of likely N-dealkylation sites (tertiary alicyclic amines) is 1. The van der Waals surface area contributed by atoms with Crippen LogP contribution in [0.15, 0.2) is 47.5 Å². The van der Waals surface area contributed by atoms with Gasteiger partial charge in [0.2, 0.25) is 0 Å². The molecule has 0 N–H and O–H groups in total. The van der Waals surface area contributed by atoms with Crippen LogP contribution < -0.4 is 4.90 Å². The first-order chi connectivity index (χ1) is 12.3. The predicted molar refractivity (Wildman–Crippen MR) is 99.2 cm³/mol. The van der Waals surface area contributed by atoms with E-state index in [0.717, 1.165) is 46.7 Å². The molecule has 0 spiro atoms. The van der Waals surface area contributed by atoms with Crippen LogP contribution >= 0.6 is 15.9 Å². The molecule has 2 unspecified atom stereocenters. The minimum absolute atomic E-state index is 0.499. The summed E-state index contributed by atoms with van der Waals surface area (Å²) < 4.78 is 1.02. The molecule has 0 aromatic carbocycles. The van der Waals surface area contributed by atoms with Crippen LogP contribution in [-0.2, 0) is 6.54 Å². The summed E-state index contributed by atoms with van der Waals surface area (Å²) in [6.45, 7) is 2.96. The molecule has 0 aliphatic carbocycles. The number of aromatic nitrogens is 4. The number of anilines is 1.